The number of nitrogens with zero attached hydrogens (tertiary/aromatic N) is 1. The molecular weight excluding hydrogens is 301 g/mol. The summed E-state index contributed by atoms with van der Waals surface area (Å²) in [5.74, 6) is -2.86. The number of benzene rings is 1. The summed E-state index contributed by atoms with van der Waals surface area (Å²) in [5.41, 5.74) is 0. The van der Waals surface area contributed by atoms with Gasteiger partial charge >= 0.3 is 5.97 Å². The summed E-state index contributed by atoms with van der Waals surface area (Å²) in [6, 6.07) is 3.26. The smallest absolute Gasteiger partial charge is 0.308 e. The van der Waals surface area contributed by atoms with E-state index in [-0.39, 0.29) is 29.7 Å². The van der Waals surface area contributed by atoms with Gasteiger partial charge in [-0.3, -0.25) is 4.79 Å². The number of methoxy groups -OCH3 is 1. The first-order valence-corrected chi connectivity index (χ1v) is 7.78. The van der Waals surface area contributed by atoms with E-state index in [1.807, 2.05) is 0 Å². The van der Waals surface area contributed by atoms with Crippen molar-refractivity contribution in [1.29, 1.82) is 0 Å². The van der Waals surface area contributed by atoms with Gasteiger partial charge in [0.2, 0.25) is 10.0 Å². The van der Waals surface area contributed by atoms with Crippen LogP contribution in [0, 0.1) is 17.7 Å². The van der Waals surface area contributed by atoms with Crippen LogP contribution in [-0.4, -0.2) is 44.0 Å². The summed E-state index contributed by atoms with van der Waals surface area (Å²) >= 11 is 0. The molecule has 1 aliphatic heterocycles. The van der Waals surface area contributed by atoms with Crippen LogP contribution in [0.25, 0.3) is 0 Å². The average Bonchev–Trinajstić information content (AvgIpc) is 2.82. The molecule has 0 spiro atoms. The van der Waals surface area contributed by atoms with Crippen molar-refractivity contribution in [2.24, 2.45) is 11.8 Å². The maximum atomic E-state index is 13.4. The van der Waals surface area contributed by atoms with E-state index < -0.39 is 27.7 Å². The molecule has 0 unspecified atom stereocenters. The van der Waals surface area contributed by atoms with Crippen molar-refractivity contribution in [2.75, 3.05) is 20.2 Å². The zero-order chi connectivity index (χ0) is 15.8. The maximum absolute atomic E-state index is 13.4. The van der Waals surface area contributed by atoms with Crippen LogP contribution < -0.4 is 4.74 Å². The molecule has 1 aliphatic rings. The summed E-state index contributed by atoms with van der Waals surface area (Å²) in [7, 11) is -2.62. The fourth-order valence-electron chi connectivity index (χ4n) is 2.39. The molecule has 1 fully saturated rings. The number of rotatable bonds is 4. The molecule has 1 saturated heterocycles. The molecule has 2 atom stereocenters. The number of halogens is 1. The van der Waals surface area contributed by atoms with E-state index in [4.69, 9.17) is 9.84 Å². The second-order valence-corrected chi connectivity index (χ2v) is 6.98. The number of hydrogen-bond donors (Lipinski definition) is 1. The van der Waals surface area contributed by atoms with E-state index in [0.717, 1.165) is 22.5 Å². The lowest BCUT2D eigenvalue weighted by Crippen LogP contribution is -2.30. The number of carbonyl (C=O) groups is 1. The average molecular weight is 317 g/mol. The molecular formula is C13H16FNO5S. The van der Waals surface area contributed by atoms with Gasteiger partial charge in [-0.25, -0.2) is 12.8 Å². The molecule has 0 saturated carbocycles. The molecule has 0 amide bonds. The van der Waals surface area contributed by atoms with E-state index in [2.05, 4.69) is 0 Å². The molecule has 8 heteroatoms. The molecule has 21 heavy (non-hydrogen) atoms. The monoisotopic (exact) mass is 317 g/mol. The fourth-order valence-corrected chi connectivity index (χ4v) is 3.97. The number of ether oxygens (including phenoxy) is 1. The first kappa shape index (κ1) is 15.7. The van der Waals surface area contributed by atoms with E-state index in [1.165, 1.54) is 7.11 Å². The van der Waals surface area contributed by atoms with Crippen molar-refractivity contribution >= 4 is 16.0 Å². The fraction of sp³-hybridized carbons (Fsp3) is 0.462. The quantitative estimate of drug-likeness (QED) is 0.901. The van der Waals surface area contributed by atoms with Crippen molar-refractivity contribution in [3.63, 3.8) is 0 Å². The molecule has 1 N–H and O–H groups in total. The highest BCUT2D eigenvalue weighted by molar-refractivity contribution is 7.89. The minimum atomic E-state index is -3.86. The Hall–Kier alpha value is -1.67. The summed E-state index contributed by atoms with van der Waals surface area (Å²) in [6.45, 7) is 1.73. The summed E-state index contributed by atoms with van der Waals surface area (Å²) in [6.07, 6.45) is 0. The third-order valence-electron chi connectivity index (χ3n) is 3.66. The van der Waals surface area contributed by atoms with E-state index in [0.29, 0.717) is 0 Å². The van der Waals surface area contributed by atoms with Gasteiger partial charge in [-0.05, 0) is 18.1 Å². The minimum Gasteiger partial charge on any atom is -0.494 e. The Kier molecular flexibility index (Phi) is 4.20. The van der Waals surface area contributed by atoms with E-state index in [9.17, 15) is 17.6 Å². The molecule has 0 aliphatic carbocycles. The predicted octanol–water partition coefficient (Wildman–Crippen LogP) is 1.18. The van der Waals surface area contributed by atoms with Crippen molar-refractivity contribution in [3.8, 4) is 5.75 Å². The lowest BCUT2D eigenvalue weighted by Gasteiger charge is -2.16. The number of aliphatic carboxylic acids is 1. The lowest BCUT2D eigenvalue weighted by molar-refractivity contribution is -0.142. The second-order valence-electron chi connectivity index (χ2n) is 5.04. The van der Waals surface area contributed by atoms with Crippen LogP contribution in [-0.2, 0) is 14.8 Å². The van der Waals surface area contributed by atoms with Crippen LogP contribution in [0.1, 0.15) is 6.92 Å². The highest BCUT2D eigenvalue weighted by Gasteiger charge is 2.40. The number of sulfonamides is 1. The zero-order valence-electron chi connectivity index (χ0n) is 11.6. The van der Waals surface area contributed by atoms with Gasteiger partial charge in [-0.15, -0.1) is 0 Å². The van der Waals surface area contributed by atoms with Crippen molar-refractivity contribution in [2.45, 2.75) is 11.8 Å². The van der Waals surface area contributed by atoms with Crippen molar-refractivity contribution < 1.29 is 27.4 Å². The van der Waals surface area contributed by atoms with Gasteiger partial charge in [0.1, 0.15) is 0 Å². The molecule has 1 aromatic rings. The molecule has 1 heterocycles. The third-order valence-corrected chi connectivity index (χ3v) is 5.48. The molecule has 0 bridgehead atoms. The number of carboxylic acid groups (broad SMARTS) is 1. The summed E-state index contributed by atoms with van der Waals surface area (Å²) in [5, 5.41) is 9.07. The Labute approximate surface area is 122 Å². The molecule has 6 nitrogen and oxygen atoms in total. The molecule has 1 aromatic carbocycles. The molecule has 2 rings (SSSR count). The summed E-state index contributed by atoms with van der Waals surface area (Å²) < 4.78 is 44.2. The Morgan fingerprint density at radius 3 is 2.62 bits per heavy atom. The van der Waals surface area contributed by atoms with Gasteiger partial charge in [0.05, 0.1) is 17.9 Å². The van der Waals surface area contributed by atoms with Crippen LogP contribution in [0.2, 0.25) is 0 Å². The van der Waals surface area contributed by atoms with Crippen molar-refractivity contribution in [1.82, 2.24) is 4.31 Å². The topological polar surface area (TPSA) is 83.9 Å². The highest BCUT2D eigenvalue weighted by Crippen LogP contribution is 2.30. The van der Waals surface area contributed by atoms with Crippen molar-refractivity contribution in [3.05, 3.63) is 24.0 Å². The highest BCUT2D eigenvalue weighted by atomic mass is 32.2. The van der Waals surface area contributed by atoms with Gasteiger partial charge in [-0.2, -0.15) is 4.31 Å². The van der Waals surface area contributed by atoms with Crippen LogP contribution in [0.5, 0.6) is 5.75 Å². The predicted molar refractivity (Wildman–Crippen MR) is 72.0 cm³/mol. The van der Waals surface area contributed by atoms with Gasteiger partial charge in [0, 0.05) is 19.2 Å². The SMILES string of the molecule is COc1cc(S(=O)(=O)N2C[C@@H](C)[C@H](C(=O)O)C2)ccc1F. The normalized spacial score (nSPS) is 23.2. The van der Waals surface area contributed by atoms with Gasteiger partial charge in [0.15, 0.2) is 11.6 Å². The first-order chi connectivity index (χ1) is 9.77. The zero-order valence-corrected chi connectivity index (χ0v) is 12.4. The van der Waals surface area contributed by atoms with Crippen LogP contribution in [0.15, 0.2) is 23.1 Å². The Bertz CT molecular complexity index is 661. The maximum Gasteiger partial charge on any atom is 0.308 e. The van der Waals surface area contributed by atoms with Crippen LogP contribution in [0.3, 0.4) is 0 Å². The molecule has 0 aromatic heterocycles. The molecule has 116 valence electrons. The van der Waals surface area contributed by atoms with E-state index in [1.54, 1.807) is 6.92 Å². The van der Waals surface area contributed by atoms with E-state index >= 15 is 0 Å². The minimum absolute atomic E-state index is 0.0848. The van der Waals surface area contributed by atoms with Gasteiger partial charge in [0.25, 0.3) is 0 Å². The third kappa shape index (κ3) is 2.86. The second kappa shape index (κ2) is 5.61. The van der Waals surface area contributed by atoms with Crippen LogP contribution in [0.4, 0.5) is 4.39 Å². The number of carboxylic acids is 1. The largest absolute Gasteiger partial charge is 0.494 e. The van der Waals surface area contributed by atoms with Gasteiger partial charge < -0.3 is 9.84 Å². The standard InChI is InChI=1S/C13H16FNO5S/c1-8-6-15(7-10(8)13(16)17)21(18,19)9-3-4-11(14)12(5-9)20-2/h3-5,8,10H,6-7H2,1-2H3,(H,16,17)/t8-,10-/m1/s1. The Balaban J connectivity index is 2.33. The lowest BCUT2D eigenvalue weighted by atomic mass is 9.99. The molecule has 0 radical (unpaired) electrons. The first-order valence-electron chi connectivity index (χ1n) is 6.34. The summed E-state index contributed by atoms with van der Waals surface area (Å²) in [4.78, 5) is 11.0. The Morgan fingerprint density at radius 1 is 1.43 bits per heavy atom. The Morgan fingerprint density at radius 2 is 2.10 bits per heavy atom. The van der Waals surface area contributed by atoms with Gasteiger partial charge in [-0.1, -0.05) is 6.92 Å². The number of hydrogen-bond acceptors (Lipinski definition) is 4. The van der Waals surface area contributed by atoms with Crippen LogP contribution >= 0.6 is 0 Å².